The molecule has 0 aliphatic rings. The molecule has 0 spiro atoms. The third-order valence-electron chi connectivity index (χ3n) is 2.32. The van der Waals surface area contributed by atoms with Gasteiger partial charge in [0.15, 0.2) is 11.2 Å². The summed E-state index contributed by atoms with van der Waals surface area (Å²) in [5.74, 6) is 0. The summed E-state index contributed by atoms with van der Waals surface area (Å²) in [6.07, 6.45) is -4.37. The van der Waals surface area contributed by atoms with Crippen molar-refractivity contribution in [2.75, 3.05) is 7.05 Å². The largest absolute Gasteiger partial charge is 0.416 e. The monoisotopic (exact) mass is 266 g/mol. The zero-order valence-electron chi connectivity index (χ0n) is 9.41. The fourth-order valence-electron chi connectivity index (χ4n) is 1.39. The van der Waals surface area contributed by atoms with Crippen LogP contribution in [0.15, 0.2) is 18.2 Å². The SMILES string of the molecule is Cc1ccc(CN(C)S(N)=O)cc1C(F)(F)F. The summed E-state index contributed by atoms with van der Waals surface area (Å²) in [6, 6.07) is 4.01. The van der Waals surface area contributed by atoms with Gasteiger partial charge in [-0.15, -0.1) is 0 Å². The van der Waals surface area contributed by atoms with Crippen LogP contribution in [-0.4, -0.2) is 15.6 Å². The third-order valence-corrected chi connectivity index (χ3v) is 3.06. The molecular weight excluding hydrogens is 253 g/mol. The minimum atomic E-state index is -4.37. The second kappa shape index (κ2) is 5.16. The Labute approximate surface area is 100 Å². The summed E-state index contributed by atoms with van der Waals surface area (Å²) in [5.41, 5.74) is -0.0896. The van der Waals surface area contributed by atoms with Gasteiger partial charge >= 0.3 is 6.18 Å². The molecule has 0 bridgehead atoms. The van der Waals surface area contributed by atoms with Gasteiger partial charge in [-0.1, -0.05) is 12.1 Å². The summed E-state index contributed by atoms with van der Waals surface area (Å²) < 4.78 is 50.0. The molecule has 0 heterocycles. The van der Waals surface area contributed by atoms with E-state index in [2.05, 4.69) is 0 Å². The molecule has 0 aromatic heterocycles. The molecule has 0 aliphatic heterocycles. The molecule has 1 rings (SSSR count). The average molecular weight is 266 g/mol. The smallest absolute Gasteiger partial charge is 0.238 e. The van der Waals surface area contributed by atoms with Crippen molar-refractivity contribution in [3.63, 3.8) is 0 Å². The molecule has 0 saturated heterocycles. The summed E-state index contributed by atoms with van der Waals surface area (Å²) in [5, 5.41) is 5.11. The molecule has 2 N–H and O–H groups in total. The summed E-state index contributed by atoms with van der Waals surface area (Å²) in [7, 11) is 1.48. The van der Waals surface area contributed by atoms with Crippen LogP contribution in [0, 0.1) is 6.92 Å². The second-order valence-corrected chi connectivity index (χ2v) is 4.88. The van der Waals surface area contributed by atoms with E-state index in [1.54, 1.807) is 6.07 Å². The number of benzene rings is 1. The van der Waals surface area contributed by atoms with Gasteiger partial charge in [0.1, 0.15) is 0 Å². The van der Waals surface area contributed by atoms with Crippen molar-refractivity contribution in [2.24, 2.45) is 5.14 Å². The molecule has 0 amide bonds. The first kappa shape index (κ1) is 14.1. The van der Waals surface area contributed by atoms with Gasteiger partial charge in [0.2, 0.25) is 0 Å². The Hall–Kier alpha value is -0.920. The van der Waals surface area contributed by atoms with Crippen LogP contribution in [0.2, 0.25) is 0 Å². The molecular formula is C10H13F3N2OS. The molecule has 7 heteroatoms. The summed E-state index contributed by atoms with van der Waals surface area (Å²) in [6.45, 7) is 1.50. The number of hydrogen-bond donors (Lipinski definition) is 1. The van der Waals surface area contributed by atoms with Gasteiger partial charge in [-0.25, -0.2) is 13.7 Å². The Bertz CT molecular complexity index is 434. The molecule has 0 radical (unpaired) electrons. The van der Waals surface area contributed by atoms with Crippen molar-refractivity contribution < 1.29 is 17.4 Å². The van der Waals surface area contributed by atoms with Gasteiger partial charge in [0.05, 0.1) is 5.56 Å². The number of nitrogens with two attached hydrogens (primary N) is 1. The van der Waals surface area contributed by atoms with Crippen LogP contribution < -0.4 is 5.14 Å². The quantitative estimate of drug-likeness (QED) is 0.893. The maximum Gasteiger partial charge on any atom is 0.416 e. The standard InChI is InChI=1S/C10H13F3N2OS/c1-7-3-4-8(6-15(2)17(14)16)5-9(7)10(11,12)13/h3-5H,6,14H2,1-2H3. The Morgan fingerprint density at radius 3 is 2.47 bits per heavy atom. The lowest BCUT2D eigenvalue weighted by Crippen LogP contribution is -2.26. The molecule has 0 aliphatic carbocycles. The van der Waals surface area contributed by atoms with E-state index in [4.69, 9.17) is 5.14 Å². The Kier molecular flexibility index (Phi) is 4.29. The highest BCUT2D eigenvalue weighted by molar-refractivity contribution is 7.80. The van der Waals surface area contributed by atoms with Crippen molar-refractivity contribution in [1.29, 1.82) is 0 Å². The predicted octanol–water partition coefficient (Wildman–Crippen LogP) is 1.98. The minimum Gasteiger partial charge on any atom is -0.238 e. The van der Waals surface area contributed by atoms with Crippen molar-refractivity contribution >= 4 is 11.2 Å². The van der Waals surface area contributed by atoms with E-state index in [0.29, 0.717) is 5.56 Å². The fraction of sp³-hybridized carbons (Fsp3) is 0.400. The van der Waals surface area contributed by atoms with E-state index < -0.39 is 22.9 Å². The number of hydrogen-bond acceptors (Lipinski definition) is 1. The molecule has 1 aromatic carbocycles. The summed E-state index contributed by atoms with van der Waals surface area (Å²) in [4.78, 5) is 0. The van der Waals surface area contributed by atoms with Gasteiger partial charge in [0.25, 0.3) is 0 Å². The lowest BCUT2D eigenvalue weighted by atomic mass is 10.0. The average Bonchev–Trinajstić information content (AvgIpc) is 2.19. The van der Waals surface area contributed by atoms with E-state index >= 15 is 0 Å². The van der Waals surface area contributed by atoms with Crippen LogP contribution in [0.1, 0.15) is 16.7 Å². The maximum absolute atomic E-state index is 12.6. The first-order valence-corrected chi connectivity index (χ1v) is 5.93. The Balaban J connectivity index is 3.01. The number of alkyl halides is 3. The lowest BCUT2D eigenvalue weighted by molar-refractivity contribution is -0.138. The molecule has 0 saturated carbocycles. The van der Waals surface area contributed by atoms with Crippen LogP contribution in [0.25, 0.3) is 0 Å². The topological polar surface area (TPSA) is 46.3 Å². The zero-order valence-corrected chi connectivity index (χ0v) is 10.2. The first-order valence-electron chi connectivity index (χ1n) is 4.76. The molecule has 96 valence electrons. The highest BCUT2D eigenvalue weighted by atomic mass is 32.2. The van der Waals surface area contributed by atoms with Crippen molar-refractivity contribution in [2.45, 2.75) is 19.6 Å². The van der Waals surface area contributed by atoms with Crippen molar-refractivity contribution in [3.05, 3.63) is 34.9 Å². The molecule has 0 fully saturated rings. The van der Waals surface area contributed by atoms with Crippen LogP contribution in [-0.2, 0) is 23.9 Å². The van der Waals surface area contributed by atoms with Crippen molar-refractivity contribution in [1.82, 2.24) is 4.31 Å². The predicted molar refractivity (Wildman–Crippen MR) is 60.0 cm³/mol. The van der Waals surface area contributed by atoms with E-state index in [9.17, 15) is 17.4 Å². The second-order valence-electron chi connectivity index (χ2n) is 3.71. The summed E-state index contributed by atoms with van der Waals surface area (Å²) >= 11 is -1.69. The maximum atomic E-state index is 12.6. The van der Waals surface area contributed by atoms with Crippen LogP contribution >= 0.6 is 0 Å². The van der Waals surface area contributed by atoms with Crippen LogP contribution in [0.4, 0.5) is 13.2 Å². The van der Waals surface area contributed by atoms with Gasteiger partial charge in [-0.05, 0) is 24.1 Å². The fourth-order valence-corrected chi connectivity index (χ4v) is 1.67. The number of aryl methyl sites for hydroxylation is 1. The molecule has 1 aromatic rings. The van der Waals surface area contributed by atoms with E-state index in [0.717, 1.165) is 6.07 Å². The van der Waals surface area contributed by atoms with Gasteiger partial charge in [0, 0.05) is 13.6 Å². The van der Waals surface area contributed by atoms with Gasteiger partial charge < -0.3 is 0 Å². The third kappa shape index (κ3) is 3.79. The minimum absolute atomic E-state index is 0.104. The normalized spacial score (nSPS) is 14.1. The zero-order chi connectivity index (χ0) is 13.2. The molecule has 17 heavy (non-hydrogen) atoms. The number of halogens is 3. The number of rotatable bonds is 3. The van der Waals surface area contributed by atoms with Crippen LogP contribution in [0.3, 0.4) is 0 Å². The Morgan fingerprint density at radius 1 is 1.41 bits per heavy atom. The molecule has 1 atom stereocenters. The first-order chi connectivity index (χ1) is 7.71. The lowest BCUT2D eigenvalue weighted by Gasteiger charge is -2.15. The highest BCUT2D eigenvalue weighted by Crippen LogP contribution is 2.32. The van der Waals surface area contributed by atoms with E-state index in [1.807, 2.05) is 0 Å². The van der Waals surface area contributed by atoms with E-state index in [-0.39, 0.29) is 12.1 Å². The number of nitrogens with zero attached hydrogens (tertiary/aromatic N) is 1. The van der Waals surface area contributed by atoms with Gasteiger partial charge in [-0.3, -0.25) is 0 Å². The molecule has 3 nitrogen and oxygen atoms in total. The highest BCUT2D eigenvalue weighted by Gasteiger charge is 2.32. The van der Waals surface area contributed by atoms with Crippen molar-refractivity contribution in [3.8, 4) is 0 Å². The van der Waals surface area contributed by atoms with Gasteiger partial charge in [-0.2, -0.15) is 13.2 Å². The van der Waals surface area contributed by atoms with Crippen LogP contribution in [0.5, 0.6) is 0 Å². The Morgan fingerprint density at radius 2 is 2.00 bits per heavy atom. The van der Waals surface area contributed by atoms with E-state index in [1.165, 1.54) is 24.3 Å². The molecule has 1 unspecified atom stereocenters.